The van der Waals surface area contributed by atoms with Crippen LogP contribution in [0.25, 0.3) is 0 Å². The lowest BCUT2D eigenvalue weighted by Gasteiger charge is -2.19. The second kappa shape index (κ2) is 8.87. The molecule has 0 spiro atoms. The topological polar surface area (TPSA) is 64.6 Å². The molecule has 0 aromatic heterocycles. The summed E-state index contributed by atoms with van der Waals surface area (Å²) in [5, 5.41) is 2.67. The van der Waals surface area contributed by atoms with Gasteiger partial charge in [0, 0.05) is 5.69 Å². The zero-order valence-corrected chi connectivity index (χ0v) is 16.9. The highest BCUT2D eigenvalue weighted by molar-refractivity contribution is 5.91. The minimum Gasteiger partial charge on any atom is -0.465 e. The van der Waals surface area contributed by atoms with E-state index < -0.39 is 23.5 Å². The Balaban J connectivity index is 2.02. The Bertz CT molecular complexity index is 854. The molecule has 0 radical (unpaired) electrons. The summed E-state index contributed by atoms with van der Waals surface area (Å²) in [5.74, 6) is -1.20. The molecule has 0 bridgehead atoms. The Hall–Kier alpha value is -2.89. The molecule has 0 aliphatic heterocycles. The summed E-state index contributed by atoms with van der Waals surface area (Å²) < 4.78 is 24.5. The van der Waals surface area contributed by atoms with Crippen LogP contribution in [0.2, 0.25) is 0 Å². The van der Waals surface area contributed by atoms with E-state index in [0.717, 1.165) is 5.56 Å². The van der Waals surface area contributed by atoms with Crippen molar-refractivity contribution in [1.29, 1.82) is 0 Å². The molecule has 0 fully saturated rings. The normalized spacial score (nSPS) is 11.1. The Labute approximate surface area is 164 Å². The second-order valence-electron chi connectivity index (χ2n) is 7.55. The summed E-state index contributed by atoms with van der Waals surface area (Å²) in [6.45, 7) is 7.07. The van der Waals surface area contributed by atoms with Gasteiger partial charge in [0.2, 0.25) is 0 Å². The number of benzene rings is 2. The number of amides is 1. The Morgan fingerprint density at radius 1 is 1.04 bits per heavy atom. The van der Waals surface area contributed by atoms with Gasteiger partial charge in [-0.1, -0.05) is 24.3 Å². The smallest absolute Gasteiger partial charge is 0.412 e. The van der Waals surface area contributed by atoms with Crippen molar-refractivity contribution in [2.45, 2.75) is 46.1 Å². The van der Waals surface area contributed by atoms with Crippen LogP contribution in [0.4, 0.5) is 14.9 Å². The van der Waals surface area contributed by atoms with Crippen molar-refractivity contribution in [3.63, 3.8) is 0 Å². The maximum absolute atomic E-state index is 14.7. The molecular weight excluding hydrogens is 361 g/mol. The van der Waals surface area contributed by atoms with Gasteiger partial charge in [-0.2, -0.15) is 0 Å². The number of nitrogens with one attached hydrogen (secondary N) is 1. The largest absolute Gasteiger partial charge is 0.465 e. The number of rotatable bonds is 5. The van der Waals surface area contributed by atoms with Gasteiger partial charge in [-0.3, -0.25) is 5.32 Å². The molecule has 1 amide bonds. The van der Waals surface area contributed by atoms with Crippen LogP contribution < -0.4 is 5.32 Å². The van der Waals surface area contributed by atoms with E-state index in [2.05, 4.69) is 10.1 Å². The van der Waals surface area contributed by atoms with Gasteiger partial charge in [-0.15, -0.1) is 0 Å². The first kappa shape index (κ1) is 21.4. The first-order valence-electron chi connectivity index (χ1n) is 9.06. The molecule has 0 atom stereocenters. The molecule has 1 N–H and O–H groups in total. The zero-order chi connectivity index (χ0) is 20.9. The molecule has 0 aliphatic carbocycles. The van der Waals surface area contributed by atoms with Crippen molar-refractivity contribution in [1.82, 2.24) is 0 Å². The van der Waals surface area contributed by atoms with Crippen LogP contribution in [0.3, 0.4) is 0 Å². The molecule has 0 saturated carbocycles. The fourth-order valence-corrected chi connectivity index (χ4v) is 2.72. The molecule has 0 aliphatic rings. The molecule has 0 saturated heterocycles. The third kappa shape index (κ3) is 5.81. The molecule has 2 rings (SSSR count). The number of halogens is 1. The average molecular weight is 387 g/mol. The average Bonchev–Trinajstić information content (AvgIpc) is 2.60. The number of hydrogen-bond donors (Lipinski definition) is 1. The van der Waals surface area contributed by atoms with Gasteiger partial charge >= 0.3 is 12.1 Å². The molecule has 0 unspecified atom stereocenters. The van der Waals surface area contributed by atoms with Gasteiger partial charge in [-0.25, -0.2) is 14.0 Å². The highest BCUT2D eigenvalue weighted by Gasteiger charge is 2.19. The Morgan fingerprint density at radius 3 is 2.25 bits per heavy atom. The number of methoxy groups -OCH3 is 1. The Morgan fingerprint density at radius 2 is 1.68 bits per heavy atom. The van der Waals surface area contributed by atoms with Gasteiger partial charge in [0.15, 0.2) is 0 Å². The van der Waals surface area contributed by atoms with Gasteiger partial charge < -0.3 is 9.47 Å². The molecule has 0 heterocycles. The number of aryl methyl sites for hydroxylation is 3. The third-order valence-corrected chi connectivity index (χ3v) is 4.10. The van der Waals surface area contributed by atoms with E-state index in [4.69, 9.17) is 4.74 Å². The molecule has 2 aromatic carbocycles. The second-order valence-corrected chi connectivity index (χ2v) is 7.55. The number of hydrogen-bond acceptors (Lipinski definition) is 4. The standard InChI is InChI=1S/C22H26FNO4/c1-14-6-10-16(19(23)18(14)20(25)27-5)11-7-15-8-12-17(13-9-15)24-21(26)28-22(2,3)4/h6,8-10,12-13H,7,11H2,1-5H3,(H,24,26). The van der Waals surface area contributed by atoms with Gasteiger partial charge in [0.1, 0.15) is 11.4 Å². The minimum absolute atomic E-state index is 0.0168. The summed E-state index contributed by atoms with van der Waals surface area (Å²) >= 11 is 0. The molecule has 6 heteroatoms. The molecule has 150 valence electrons. The van der Waals surface area contributed by atoms with E-state index in [1.165, 1.54) is 7.11 Å². The van der Waals surface area contributed by atoms with Crippen LogP contribution in [-0.4, -0.2) is 24.8 Å². The lowest BCUT2D eigenvalue weighted by molar-refractivity contribution is 0.0592. The first-order valence-corrected chi connectivity index (χ1v) is 9.06. The van der Waals surface area contributed by atoms with E-state index in [1.807, 2.05) is 12.1 Å². The molecule has 2 aromatic rings. The van der Waals surface area contributed by atoms with Crippen LogP contribution >= 0.6 is 0 Å². The number of anilines is 1. The lowest BCUT2D eigenvalue weighted by atomic mass is 9.98. The van der Waals surface area contributed by atoms with Crippen molar-refractivity contribution in [3.05, 3.63) is 64.5 Å². The van der Waals surface area contributed by atoms with E-state index in [1.54, 1.807) is 52.0 Å². The number of carbonyl (C=O) groups excluding carboxylic acids is 2. The van der Waals surface area contributed by atoms with Gasteiger partial charge in [-0.05, 0) is 69.4 Å². The lowest BCUT2D eigenvalue weighted by Crippen LogP contribution is -2.27. The van der Waals surface area contributed by atoms with Crippen LogP contribution in [0.1, 0.15) is 47.8 Å². The molecular formula is C22H26FNO4. The highest BCUT2D eigenvalue weighted by Crippen LogP contribution is 2.21. The van der Waals surface area contributed by atoms with Crippen LogP contribution in [0.5, 0.6) is 0 Å². The van der Waals surface area contributed by atoms with Crippen molar-refractivity contribution in [3.8, 4) is 0 Å². The fraction of sp³-hybridized carbons (Fsp3) is 0.364. The SMILES string of the molecule is COC(=O)c1c(C)ccc(CCc2ccc(NC(=O)OC(C)(C)C)cc2)c1F. The van der Waals surface area contributed by atoms with Crippen molar-refractivity contribution in [2.24, 2.45) is 0 Å². The zero-order valence-electron chi connectivity index (χ0n) is 16.9. The summed E-state index contributed by atoms with van der Waals surface area (Å²) in [4.78, 5) is 23.6. The fourth-order valence-electron chi connectivity index (χ4n) is 2.72. The maximum atomic E-state index is 14.7. The van der Waals surface area contributed by atoms with Crippen LogP contribution in [-0.2, 0) is 22.3 Å². The molecule has 28 heavy (non-hydrogen) atoms. The summed E-state index contributed by atoms with van der Waals surface area (Å²) in [6.07, 6.45) is 0.514. The predicted octanol–water partition coefficient (Wildman–Crippen LogP) is 5.05. The summed E-state index contributed by atoms with van der Waals surface area (Å²) in [5.41, 5.74) is 2.02. The number of esters is 1. The van der Waals surface area contributed by atoms with Gasteiger partial charge in [0.05, 0.1) is 12.7 Å². The van der Waals surface area contributed by atoms with Crippen LogP contribution in [0, 0.1) is 12.7 Å². The Kier molecular flexibility index (Phi) is 6.78. The third-order valence-electron chi connectivity index (χ3n) is 4.10. The molecule has 5 nitrogen and oxygen atoms in total. The van der Waals surface area contributed by atoms with Crippen molar-refractivity contribution in [2.75, 3.05) is 12.4 Å². The number of ether oxygens (including phenoxy) is 2. The minimum atomic E-state index is -0.672. The monoisotopic (exact) mass is 387 g/mol. The van der Waals surface area contributed by atoms with Crippen LogP contribution in [0.15, 0.2) is 36.4 Å². The quantitative estimate of drug-likeness (QED) is 0.729. The maximum Gasteiger partial charge on any atom is 0.412 e. The van der Waals surface area contributed by atoms with Gasteiger partial charge in [0.25, 0.3) is 0 Å². The van der Waals surface area contributed by atoms with E-state index in [0.29, 0.717) is 29.7 Å². The van der Waals surface area contributed by atoms with Crippen molar-refractivity contribution < 1.29 is 23.5 Å². The summed E-state index contributed by atoms with van der Waals surface area (Å²) in [7, 11) is 1.24. The van der Waals surface area contributed by atoms with E-state index in [-0.39, 0.29) is 5.56 Å². The predicted molar refractivity (Wildman–Crippen MR) is 106 cm³/mol. The highest BCUT2D eigenvalue weighted by atomic mass is 19.1. The number of carbonyl (C=O) groups is 2. The first-order chi connectivity index (χ1) is 13.1. The van der Waals surface area contributed by atoms with E-state index in [9.17, 15) is 14.0 Å². The summed E-state index contributed by atoms with van der Waals surface area (Å²) in [6, 6.07) is 10.7. The van der Waals surface area contributed by atoms with E-state index >= 15 is 0 Å². The van der Waals surface area contributed by atoms with Crippen molar-refractivity contribution >= 4 is 17.7 Å².